The molecular formula is C26H36ClN3O4S. The van der Waals surface area contributed by atoms with Gasteiger partial charge in [0.2, 0.25) is 21.8 Å². The van der Waals surface area contributed by atoms with E-state index in [0.717, 1.165) is 28.1 Å². The van der Waals surface area contributed by atoms with Crippen molar-refractivity contribution in [2.24, 2.45) is 0 Å². The Kier molecular flexibility index (Phi) is 10.2. The molecule has 2 rings (SSSR count). The van der Waals surface area contributed by atoms with Crippen molar-refractivity contribution in [1.29, 1.82) is 0 Å². The number of halogens is 1. The summed E-state index contributed by atoms with van der Waals surface area (Å²) in [5.41, 5.74) is 2.89. The molecule has 0 aliphatic heterocycles. The first-order valence-corrected chi connectivity index (χ1v) is 14.0. The molecule has 9 heteroatoms. The summed E-state index contributed by atoms with van der Waals surface area (Å²) in [6.45, 7) is 9.17. The van der Waals surface area contributed by atoms with E-state index in [1.807, 2.05) is 52.0 Å². The molecule has 0 unspecified atom stereocenters. The maximum Gasteiger partial charge on any atom is 0.244 e. The van der Waals surface area contributed by atoms with Gasteiger partial charge in [-0.25, -0.2) is 8.42 Å². The van der Waals surface area contributed by atoms with Gasteiger partial charge >= 0.3 is 0 Å². The van der Waals surface area contributed by atoms with Crippen molar-refractivity contribution in [2.75, 3.05) is 17.1 Å². The van der Waals surface area contributed by atoms with E-state index in [0.29, 0.717) is 22.7 Å². The summed E-state index contributed by atoms with van der Waals surface area (Å²) in [6.07, 6.45) is 2.20. The molecule has 1 N–H and O–H groups in total. The van der Waals surface area contributed by atoms with E-state index in [-0.39, 0.29) is 18.5 Å². The first-order valence-electron chi connectivity index (χ1n) is 11.8. The minimum Gasteiger partial charge on any atom is -0.352 e. The molecule has 0 saturated heterocycles. The highest BCUT2D eigenvalue weighted by atomic mass is 35.5. The molecule has 35 heavy (non-hydrogen) atoms. The van der Waals surface area contributed by atoms with Crippen molar-refractivity contribution < 1.29 is 18.0 Å². The van der Waals surface area contributed by atoms with Crippen LogP contribution in [0, 0.1) is 13.8 Å². The lowest BCUT2D eigenvalue weighted by atomic mass is 10.1. The van der Waals surface area contributed by atoms with Gasteiger partial charge in [0.05, 0.1) is 11.9 Å². The van der Waals surface area contributed by atoms with Crippen LogP contribution in [0.1, 0.15) is 50.3 Å². The van der Waals surface area contributed by atoms with Gasteiger partial charge in [0, 0.05) is 17.6 Å². The Morgan fingerprint density at radius 2 is 1.74 bits per heavy atom. The third kappa shape index (κ3) is 7.97. The van der Waals surface area contributed by atoms with Crippen molar-refractivity contribution >= 4 is 39.1 Å². The molecule has 0 spiro atoms. The first kappa shape index (κ1) is 28.7. The maximum absolute atomic E-state index is 13.7. The molecular weight excluding hydrogens is 486 g/mol. The van der Waals surface area contributed by atoms with Gasteiger partial charge in [0.15, 0.2) is 0 Å². The molecule has 2 aromatic rings. The lowest BCUT2D eigenvalue weighted by molar-refractivity contribution is -0.140. The first-order chi connectivity index (χ1) is 16.4. The zero-order chi connectivity index (χ0) is 26.3. The summed E-state index contributed by atoms with van der Waals surface area (Å²) in [4.78, 5) is 28.3. The number of amides is 2. The van der Waals surface area contributed by atoms with Crippen molar-refractivity contribution in [1.82, 2.24) is 10.2 Å². The highest BCUT2D eigenvalue weighted by Crippen LogP contribution is 2.26. The molecule has 7 nitrogen and oxygen atoms in total. The molecule has 192 valence electrons. The third-order valence-electron chi connectivity index (χ3n) is 5.93. The van der Waals surface area contributed by atoms with Gasteiger partial charge in [-0.05, 0) is 62.9 Å². The second-order valence-electron chi connectivity index (χ2n) is 8.95. The standard InChI is InChI=1S/C26H36ClN3O4S/c1-7-20(5)28-26(32)23(8-2)29(16-21-11-9-10-18(3)14-21)25(31)17-30(35(6,33)34)24-13-12-22(27)15-19(24)4/h9-15,20,23H,7-8,16-17H2,1-6H3,(H,28,32)/t20-,23-/m0/s1. The number of benzene rings is 2. The lowest BCUT2D eigenvalue weighted by Crippen LogP contribution is -2.53. The second kappa shape index (κ2) is 12.4. The number of nitrogens with zero attached hydrogens (tertiary/aromatic N) is 2. The Balaban J connectivity index is 2.47. The normalized spacial score (nSPS) is 13.1. The van der Waals surface area contributed by atoms with Crippen molar-refractivity contribution in [3.8, 4) is 0 Å². The molecule has 0 bridgehead atoms. The van der Waals surface area contributed by atoms with Gasteiger partial charge in [-0.2, -0.15) is 0 Å². The van der Waals surface area contributed by atoms with Crippen LogP contribution in [0.2, 0.25) is 5.02 Å². The highest BCUT2D eigenvalue weighted by molar-refractivity contribution is 7.92. The number of rotatable bonds is 11. The Morgan fingerprint density at radius 3 is 2.29 bits per heavy atom. The van der Waals surface area contributed by atoms with Gasteiger partial charge < -0.3 is 10.2 Å². The molecule has 0 aromatic heterocycles. The molecule has 0 radical (unpaired) electrons. The lowest BCUT2D eigenvalue weighted by Gasteiger charge is -2.33. The van der Waals surface area contributed by atoms with Crippen LogP contribution in [-0.4, -0.2) is 50.0 Å². The Labute approximate surface area is 214 Å². The van der Waals surface area contributed by atoms with Gasteiger partial charge in [-0.15, -0.1) is 0 Å². The smallest absolute Gasteiger partial charge is 0.244 e. The summed E-state index contributed by atoms with van der Waals surface area (Å²) in [5, 5.41) is 3.44. The highest BCUT2D eigenvalue weighted by Gasteiger charge is 2.32. The van der Waals surface area contributed by atoms with Crippen LogP contribution in [0.25, 0.3) is 0 Å². The van der Waals surface area contributed by atoms with E-state index in [1.54, 1.807) is 25.1 Å². The zero-order valence-corrected chi connectivity index (χ0v) is 22.9. The number of carbonyl (C=O) groups excluding carboxylic acids is 2. The van der Waals surface area contributed by atoms with Crippen LogP contribution in [0.3, 0.4) is 0 Å². The van der Waals surface area contributed by atoms with E-state index in [9.17, 15) is 18.0 Å². The summed E-state index contributed by atoms with van der Waals surface area (Å²) in [5.74, 6) is -0.714. The predicted molar refractivity (Wildman–Crippen MR) is 142 cm³/mol. The largest absolute Gasteiger partial charge is 0.352 e. The Hall–Kier alpha value is -2.58. The predicted octanol–water partition coefficient (Wildman–Crippen LogP) is 4.44. The van der Waals surface area contributed by atoms with Crippen LogP contribution < -0.4 is 9.62 Å². The van der Waals surface area contributed by atoms with Crippen molar-refractivity contribution in [3.63, 3.8) is 0 Å². The molecule has 0 heterocycles. The quantitative estimate of drug-likeness (QED) is 0.473. The molecule has 0 saturated carbocycles. The van der Waals surface area contributed by atoms with Crippen LogP contribution in [0.4, 0.5) is 5.69 Å². The molecule has 2 aromatic carbocycles. The van der Waals surface area contributed by atoms with Gasteiger partial charge in [0.25, 0.3) is 0 Å². The number of hydrogen-bond donors (Lipinski definition) is 1. The monoisotopic (exact) mass is 521 g/mol. The fourth-order valence-corrected chi connectivity index (χ4v) is 5.00. The minimum atomic E-state index is -3.79. The van der Waals surface area contributed by atoms with Crippen LogP contribution in [-0.2, 0) is 26.2 Å². The van der Waals surface area contributed by atoms with Gasteiger partial charge in [-0.3, -0.25) is 13.9 Å². The zero-order valence-electron chi connectivity index (χ0n) is 21.3. The third-order valence-corrected chi connectivity index (χ3v) is 7.29. The molecule has 2 amide bonds. The SMILES string of the molecule is CC[C@H](C)NC(=O)[C@H](CC)N(Cc1cccc(C)c1)C(=O)CN(c1ccc(Cl)cc1C)S(C)(=O)=O. The van der Waals surface area contributed by atoms with E-state index in [2.05, 4.69) is 5.32 Å². The number of nitrogens with one attached hydrogen (secondary N) is 1. The van der Waals surface area contributed by atoms with Crippen LogP contribution >= 0.6 is 11.6 Å². The van der Waals surface area contributed by atoms with Crippen molar-refractivity contribution in [3.05, 3.63) is 64.2 Å². The molecule has 0 aliphatic carbocycles. The summed E-state index contributed by atoms with van der Waals surface area (Å²) < 4.78 is 26.5. The number of carbonyl (C=O) groups is 2. The van der Waals surface area contributed by atoms with Crippen LogP contribution in [0.15, 0.2) is 42.5 Å². The minimum absolute atomic E-state index is 0.0447. The van der Waals surface area contributed by atoms with Gasteiger partial charge in [-0.1, -0.05) is 55.3 Å². The average molecular weight is 522 g/mol. The molecule has 0 fully saturated rings. The van der Waals surface area contributed by atoms with Crippen LogP contribution in [0.5, 0.6) is 0 Å². The Morgan fingerprint density at radius 1 is 1.06 bits per heavy atom. The molecule has 2 atom stereocenters. The Bertz CT molecular complexity index is 1150. The average Bonchev–Trinajstić information content (AvgIpc) is 2.76. The molecule has 0 aliphatic rings. The maximum atomic E-state index is 13.7. The fraction of sp³-hybridized carbons (Fsp3) is 0.462. The summed E-state index contributed by atoms with van der Waals surface area (Å²) >= 11 is 6.06. The number of hydrogen-bond acceptors (Lipinski definition) is 4. The van der Waals surface area contributed by atoms with E-state index in [1.165, 1.54) is 4.90 Å². The fourth-order valence-electron chi connectivity index (χ4n) is 3.86. The topological polar surface area (TPSA) is 86.8 Å². The van der Waals surface area contributed by atoms with E-state index in [4.69, 9.17) is 11.6 Å². The van der Waals surface area contributed by atoms with E-state index >= 15 is 0 Å². The number of anilines is 1. The second-order valence-corrected chi connectivity index (χ2v) is 11.3. The van der Waals surface area contributed by atoms with E-state index < -0.39 is 28.5 Å². The number of sulfonamides is 1. The van der Waals surface area contributed by atoms with Gasteiger partial charge in [0.1, 0.15) is 12.6 Å². The summed E-state index contributed by atoms with van der Waals surface area (Å²) in [7, 11) is -3.79. The number of aryl methyl sites for hydroxylation is 2. The van der Waals surface area contributed by atoms with Crippen molar-refractivity contribution in [2.45, 2.75) is 66.1 Å². The summed E-state index contributed by atoms with van der Waals surface area (Å²) in [6, 6.07) is 11.7.